The van der Waals surface area contributed by atoms with E-state index in [1.807, 2.05) is 24.3 Å². The molecule has 3 amide bonds. The smallest absolute Gasteiger partial charge is 0.411 e. The monoisotopic (exact) mass is 497 g/mol. The quantitative estimate of drug-likeness (QED) is 0.622. The van der Waals surface area contributed by atoms with Crippen molar-refractivity contribution in [2.45, 2.75) is 51.3 Å². The van der Waals surface area contributed by atoms with E-state index >= 15 is 0 Å². The first-order chi connectivity index (χ1) is 17.3. The zero-order chi connectivity index (χ0) is 25.6. The van der Waals surface area contributed by atoms with Crippen molar-refractivity contribution in [2.75, 3.05) is 26.2 Å². The molecule has 2 fully saturated rings. The predicted octanol–water partition coefficient (Wildman–Crippen LogP) is 4.17. The number of ether oxygens (including phenoxy) is 1. The normalized spacial score (nSPS) is 21.3. The highest BCUT2D eigenvalue weighted by molar-refractivity contribution is 6.07. The van der Waals surface area contributed by atoms with Crippen LogP contribution in [0.25, 0.3) is 0 Å². The van der Waals surface area contributed by atoms with Gasteiger partial charge in [0, 0.05) is 38.6 Å². The van der Waals surface area contributed by atoms with Crippen LogP contribution in [0.5, 0.6) is 0 Å². The van der Waals surface area contributed by atoms with Crippen LogP contribution in [0.4, 0.5) is 13.6 Å². The molecule has 2 aliphatic heterocycles. The minimum Gasteiger partial charge on any atom is -0.443 e. The summed E-state index contributed by atoms with van der Waals surface area (Å²) in [5.41, 5.74) is 1.20. The van der Waals surface area contributed by atoms with E-state index in [9.17, 15) is 23.2 Å². The molecular formula is C27H29F2N3O4. The first kappa shape index (κ1) is 24.2. The Morgan fingerprint density at radius 3 is 2.31 bits per heavy atom. The lowest BCUT2D eigenvalue weighted by atomic mass is 9.97. The van der Waals surface area contributed by atoms with Gasteiger partial charge in [-0.3, -0.25) is 14.5 Å². The number of carbonyl (C=O) groups excluding carboxylic acids is 3. The van der Waals surface area contributed by atoms with Crippen LogP contribution in [0.15, 0.2) is 36.4 Å². The molecule has 2 aromatic rings. The molecule has 0 bridgehead atoms. The summed E-state index contributed by atoms with van der Waals surface area (Å²) in [6.07, 6.45) is 1.06. The van der Waals surface area contributed by atoms with Gasteiger partial charge in [0.25, 0.3) is 11.8 Å². The topological polar surface area (TPSA) is 70.2 Å². The SMILES string of the molecule is CCN(CC)C(=O)c1c(F)ccc(F)c1C(=O)N1CCC(N2C(=O)OC3Cc4ccccc4C32)CC1. The molecular weight excluding hydrogens is 468 g/mol. The van der Waals surface area contributed by atoms with Gasteiger partial charge < -0.3 is 14.5 Å². The van der Waals surface area contributed by atoms with Gasteiger partial charge in [0.15, 0.2) is 0 Å². The fourth-order valence-corrected chi connectivity index (χ4v) is 5.80. The number of hydrogen-bond donors (Lipinski definition) is 0. The number of rotatable bonds is 5. The summed E-state index contributed by atoms with van der Waals surface area (Å²) in [5, 5.41) is 0. The van der Waals surface area contributed by atoms with Crippen molar-refractivity contribution in [3.63, 3.8) is 0 Å². The number of fused-ring (bicyclic) bond motifs is 3. The molecule has 2 heterocycles. The Morgan fingerprint density at radius 2 is 1.64 bits per heavy atom. The number of hydrogen-bond acceptors (Lipinski definition) is 4. The Bertz CT molecular complexity index is 1210. The van der Waals surface area contributed by atoms with E-state index in [-0.39, 0.29) is 37.4 Å². The summed E-state index contributed by atoms with van der Waals surface area (Å²) < 4.78 is 35.3. The second kappa shape index (κ2) is 9.52. The zero-order valence-corrected chi connectivity index (χ0v) is 20.4. The van der Waals surface area contributed by atoms with Crippen LogP contribution in [-0.2, 0) is 11.2 Å². The molecule has 0 radical (unpaired) electrons. The summed E-state index contributed by atoms with van der Waals surface area (Å²) >= 11 is 0. The minimum atomic E-state index is -0.924. The third-order valence-electron chi connectivity index (χ3n) is 7.64. The highest BCUT2D eigenvalue weighted by atomic mass is 19.1. The first-order valence-electron chi connectivity index (χ1n) is 12.5. The van der Waals surface area contributed by atoms with Crippen molar-refractivity contribution >= 4 is 17.9 Å². The van der Waals surface area contributed by atoms with E-state index in [4.69, 9.17) is 4.74 Å². The summed E-state index contributed by atoms with van der Waals surface area (Å²) in [4.78, 5) is 43.7. The summed E-state index contributed by atoms with van der Waals surface area (Å²) in [5.74, 6) is -3.26. The minimum absolute atomic E-state index is 0.142. The van der Waals surface area contributed by atoms with E-state index in [0.29, 0.717) is 32.4 Å². The van der Waals surface area contributed by atoms with Crippen molar-refractivity contribution in [3.8, 4) is 0 Å². The molecule has 0 N–H and O–H groups in total. The van der Waals surface area contributed by atoms with Crippen LogP contribution in [0.2, 0.25) is 0 Å². The number of nitrogens with zero attached hydrogens (tertiary/aromatic N) is 3. The number of halogens is 2. The highest BCUT2D eigenvalue weighted by Gasteiger charge is 2.50. The Labute approximate surface area is 208 Å². The summed E-state index contributed by atoms with van der Waals surface area (Å²) in [6.45, 7) is 4.59. The largest absolute Gasteiger partial charge is 0.443 e. The molecule has 1 aliphatic carbocycles. The lowest BCUT2D eigenvalue weighted by molar-refractivity contribution is 0.0619. The lowest BCUT2D eigenvalue weighted by Gasteiger charge is -2.38. The second-order valence-corrected chi connectivity index (χ2v) is 9.46. The Balaban J connectivity index is 1.35. The molecule has 0 aromatic heterocycles. The predicted molar refractivity (Wildman–Crippen MR) is 128 cm³/mol. The van der Waals surface area contributed by atoms with Crippen molar-refractivity contribution in [2.24, 2.45) is 0 Å². The molecule has 0 saturated carbocycles. The first-order valence-corrected chi connectivity index (χ1v) is 12.5. The molecule has 7 nitrogen and oxygen atoms in total. The van der Waals surface area contributed by atoms with Gasteiger partial charge in [0.1, 0.15) is 17.7 Å². The lowest BCUT2D eigenvalue weighted by Crippen LogP contribution is -2.48. The van der Waals surface area contributed by atoms with Gasteiger partial charge in [-0.25, -0.2) is 13.6 Å². The Kier molecular flexibility index (Phi) is 6.40. The number of piperidine rings is 1. The van der Waals surface area contributed by atoms with Gasteiger partial charge in [-0.05, 0) is 49.9 Å². The van der Waals surface area contributed by atoms with E-state index < -0.39 is 34.6 Å². The fourth-order valence-electron chi connectivity index (χ4n) is 5.80. The Morgan fingerprint density at radius 1 is 1.00 bits per heavy atom. The average Bonchev–Trinajstić information content (AvgIpc) is 3.39. The van der Waals surface area contributed by atoms with Gasteiger partial charge in [0.05, 0.1) is 17.2 Å². The van der Waals surface area contributed by atoms with Crippen molar-refractivity contribution in [1.29, 1.82) is 0 Å². The molecule has 2 unspecified atom stereocenters. The van der Waals surface area contributed by atoms with E-state index in [1.54, 1.807) is 18.7 Å². The highest BCUT2D eigenvalue weighted by Crippen LogP contribution is 2.44. The maximum absolute atomic E-state index is 14.9. The van der Waals surface area contributed by atoms with Gasteiger partial charge in [-0.15, -0.1) is 0 Å². The van der Waals surface area contributed by atoms with Crippen LogP contribution in [0.1, 0.15) is 64.6 Å². The van der Waals surface area contributed by atoms with Crippen LogP contribution < -0.4 is 0 Å². The van der Waals surface area contributed by atoms with E-state index in [1.165, 1.54) is 15.4 Å². The van der Waals surface area contributed by atoms with Crippen LogP contribution in [-0.4, -0.2) is 70.9 Å². The number of likely N-dealkylation sites (tertiary alicyclic amines) is 1. The van der Waals surface area contributed by atoms with Crippen LogP contribution in [0.3, 0.4) is 0 Å². The molecule has 2 aromatic carbocycles. The maximum Gasteiger partial charge on any atom is 0.411 e. The molecule has 3 aliphatic rings. The molecule has 9 heteroatoms. The number of carbonyl (C=O) groups is 3. The average molecular weight is 498 g/mol. The molecule has 190 valence electrons. The fraction of sp³-hybridized carbons (Fsp3) is 0.444. The maximum atomic E-state index is 14.9. The third kappa shape index (κ3) is 3.90. The standard InChI is InChI=1S/C27H29F2N3O4/c1-3-30(4-2)25(33)22-19(28)9-10-20(29)23(22)26(34)31-13-11-17(12-14-31)32-24-18-8-6-5-7-16(18)15-21(24)36-27(32)35/h5-10,17,21,24H,3-4,11-15H2,1-2H3. The summed E-state index contributed by atoms with van der Waals surface area (Å²) in [6, 6.07) is 9.46. The van der Waals surface area contributed by atoms with Crippen molar-refractivity contribution in [3.05, 3.63) is 70.3 Å². The van der Waals surface area contributed by atoms with Gasteiger partial charge in [-0.2, -0.15) is 0 Å². The second-order valence-electron chi connectivity index (χ2n) is 9.46. The molecule has 5 rings (SSSR count). The molecule has 0 spiro atoms. The van der Waals surface area contributed by atoms with E-state index in [0.717, 1.165) is 17.7 Å². The van der Waals surface area contributed by atoms with Crippen molar-refractivity contribution < 1.29 is 27.9 Å². The van der Waals surface area contributed by atoms with Crippen LogP contribution in [0, 0.1) is 11.6 Å². The van der Waals surface area contributed by atoms with E-state index in [2.05, 4.69) is 0 Å². The zero-order valence-electron chi connectivity index (χ0n) is 20.4. The summed E-state index contributed by atoms with van der Waals surface area (Å²) in [7, 11) is 0. The van der Waals surface area contributed by atoms with Gasteiger partial charge >= 0.3 is 6.09 Å². The Hall–Kier alpha value is -3.49. The number of benzene rings is 2. The van der Waals surface area contributed by atoms with Crippen LogP contribution >= 0.6 is 0 Å². The van der Waals surface area contributed by atoms with Gasteiger partial charge in [0.2, 0.25) is 0 Å². The van der Waals surface area contributed by atoms with Gasteiger partial charge in [-0.1, -0.05) is 24.3 Å². The molecule has 36 heavy (non-hydrogen) atoms. The third-order valence-corrected chi connectivity index (χ3v) is 7.64. The molecule has 2 saturated heterocycles. The molecule has 2 atom stereocenters. The van der Waals surface area contributed by atoms with Crippen molar-refractivity contribution in [1.82, 2.24) is 14.7 Å². The number of amides is 3.